The van der Waals surface area contributed by atoms with Crippen LogP contribution in [-0.2, 0) is 36.8 Å². The van der Waals surface area contributed by atoms with Crippen molar-refractivity contribution >= 4 is 63.4 Å². The minimum Gasteiger partial charge on any atom is -0.469 e. The van der Waals surface area contributed by atoms with Gasteiger partial charge in [0.2, 0.25) is 5.91 Å². The molecule has 2 aromatic heterocycles. The van der Waals surface area contributed by atoms with E-state index in [0.717, 1.165) is 32.2 Å². The first-order valence-corrected chi connectivity index (χ1v) is 9.81. The second-order valence-corrected chi connectivity index (χ2v) is 7.47. The van der Waals surface area contributed by atoms with E-state index in [-0.39, 0.29) is 31.1 Å². The Bertz CT molecular complexity index is 1110. The van der Waals surface area contributed by atoms with Gasteiger partial charge in [-0.05, 0) is 0 Å². The summed E-state index contributed by atoms with van der Waals surface area (Å²) >= 11 is 12.2. The number of aromatic nitrogens is 2. The van der Waals surface area contributed by atoms with Gasteiger partial charge in [-0.15, -0.1) is 11.3 Å². The van der Waals surface area contributed by atoms with Crippen molar-refractivity contribution in [2.75, 3.05) is 26.6 Å². The van der Waals surface area contributed by atoms with Crippen LogP contribution >= 0.6 is 34.5 Å². The van der Waals surface area contributed by atoms with Gasteiger partial charge in [-0.1, -0.05) is 23.2 Å². The molecule has 0 unspecified atom stereocenters. The summed E-state index contributed by atoms with van der Waals surface area (Å²) in [6, 6.07) is 0. The van der Waals surface area contributed by atoms with Crippen LogP contribution in [0.5, 0.6) is 0 Å². The van der Waals surface area contributed by atoms with Gasteiger partial charge in [0.1, 0.15) is 21.4 Å². The molecule has 11 nitrogen and oxygen atoms in total. The normalized spacial score (nSPS) is 10.4. The number of esters is 3. The predicted molar refractivity (Wildman–Crippen MR) is 110 cm³/mol. The van der Waals surface area contributed by atoms with Crippen LogP contribution in [-0.4, -0.2) is 54.9 Å². The zero-order chi connectivity index (χ0) is 23.3. The van der Waals surface area contributed by atoms with Gasteiger partial charge in [0.15, 0.2) is 0 Å². The first-order chi connectivity index (χ1) is 14.6. The zero-order valence-electron chi connectivity index (χ0n) is 16.3. The van der Waals surface area contributed by atoms with Gasteiger partial charge in [0.25, 0.3) is 5.56 Å². The fourth-order valence-electron chi connectivity index (χ4n) is 2.37. The summed E-state index contributed by atoms with van der Waals surface area (Å²) < 4.78 is 14.8. The van der Waals surface area contributed by atoms with Gasteiger partial charge in [-0.25, -0.2) is 14.3 Å². The van der Waals surface area contributed by atoms with Gasteiger partial charge in [0, 0.05) is 5.56 Å². The molecule has 2 aromatic rings. The number of carbonyl (C=O) groups is 4. The number of nitrogens with zero attached hydrogens (tertiary/aromatic N) is 2. The first kappa shape index (κ1) is 24.3. The number of rotatable bonds is 7. The maximum atomic E-state index is 12.5. The molecule has 0 saturated heterocycles. The van der Waals surface area contributed by atoms with Crippen LogP contribution < -0.4 is 10.9 Å². The third kappa shape index (κ3) is 5.40. The molecule has 166 valence electrons. The summed E-state index contributed by atoms with van der Waals surface area (Å²) in [7, 11) is 3.34. The molecule has 14 heteroatoms. The molecular formula is C17H15Cl2N3O8S. The molecule has 0 radical (unpaired) electrons. The first-order valence-electron chi connectivity index (χ1n) is 8.24. The second kappa shape index (κ2) is 10.4. The Kier molecular flexibility index (Phi) is 8.14. The highest BCUT2D eigenvalue weighted by molar-refractivity contribution is 7.18. The number of hydrogen-bond acceptors (Lipinski definition) is 10. The zero-order valence-corrected chi connectivity index (χ0v) is 18.6. The van der Waals surface area contributed by atoms with Crippen LogP contribution in [0.3, 0.4) is 0 Å². The van der Waals surface area contributed by atoms with E-state index in [4.69, 9.17) is 27.9 Å². The molecule has 0 aromatic carbocycles. The lowest BCUT2D eigenvalue weighted by Crippen LogP contribution is -2.30. The quantitative estimate of drug-likeness (QED) is 0.450. The molecule has 2 rings (SSSR count). The van der Waals surface area contributed by atoms with E-state index < -0.39 is 42.3 Å². The highest BCUT2D eigenvalue weighted by Gasteiger charge is 2.30. The van der Waals surface area contributed by atoms with Gasteiger partial charge >= 0.3 is 17.9 Å². The minimum atomic E-state index is -0.912. The van der Waals surface area contributed by atoms with Crippen molar-refractivity contribution in [2.45, 2.75) is 13.0 Å². The molecule has 1 N–H and O–H groups in total. The Morgan fingerprint density at radius 2 is 1.74 bits per heavy atom. The van der Waals surface area contributed by atoms with Crippen molar-refractivity contribution in [1.82, 2.24) is 9.78 Å². The summed E-state index contributed by atoms with van der Waals surface area (Å²) in [5.41, 5.74) is -1.05. The highest BCUT2D eigenvalue weighted by Crippen LogP contribution is 2.35. The van der Waals surface area contributed by atoms with Crippen LogP contribution in [0.2, 0.25) is 10.0 Å². The van der Waals surface area contributed by atoms with Crippen LogP contribution in [0.25, 0.3) is 0 Å². The van der Waals surface area contributed by atoms with E-state index in [9.17, 15) is 24.0 Å². The van der Waals surface area contributed by atoms with Crippen molar-refractivity contribution in [3.05, 3.63) is 42.6 Å². The number of carbonyl (C=O) groups excluding carboxylic acids is 4. The van der Waals surface area contributed by atoms with Crippen LogP contribution in [0.1, 0.15) is 25.6 Å². The predicted octanol–water partition coefficient (Wildman–Crippen LogP) is 1.54. The monoisotopic (exact) mass is 491 g/mol. The number of thiophene rings is 1. The van der Waals surface area contributed by atoms with E-state index >= 15 is 0 Å². The lowest BCUT2D eigenvalue weighted by atomic mass is 10.1. The van der Waals surface area contributed by atoms with E-state index in [1.165, 1.54) is 0 Å². The average molecular weight is 492 g/mol. The van der Waals surface area contributed by atoms with Crippen molar-refractivity contribution in [2.24, 2.45) is 0 Å². The van der Waals surface area contributed by atoms with Crippen molar-refractivity contribution in [3.63, 3.8) is 0 Å². The fraction of sp³-hybridized carbons (Fsp3) is 0.294. The minimum absolute atomic E-state index is 0.0318. The number of nitrogens with one attached hydrogen (secondary N) is 1. The summed E-state index contributed by atoms with van der Waals surface area (Å²) in [4.78, 5) is 60.8. The Labute approximate surface area is 188 Å². The van der Waals surface area contributed by atoms with Gasteiger partial charge in [-0.2, -0.15) is 5.10 Å². The summed E-state index contributed by atoms with van der Waals surface area (Å²) in [6.45, 7) is -0.575. The number of ether oxygens (including phenoxy) is 3. The third-order valence-corrected chi connectivity index (χ3v) is 5.68. The standard InChI is InChI=1S/C17H15Cl2N3O8S/c1-28-10(24)4-7-11(16(26)29-2)14(31-13(7)17(27)30-3)21-9(23)6-22-15(25)12(19)8(18)5-20-22/h5H,4,6H2,1-3H3,(H,21,23). The molecule has 1 amide bonds. The molecule has 0 aliphatic carbocycles. The number of halogens is 2. The third-order valence-electron chi connectivity index (χ3n) is 3.80. The fourth-order valence-corrected chi connectivity index (χ4v) is 3.79. The molecule has 0 fully saturated rings. The highest BCUT2D eigenvalue weighted by atomic mass is 35.5. The Balaban J connectivity index is 2.47. The lowest BCUT2D eigenvalue weighted by Gasteiger charge is -2.08. The topological polar surface area (TPSA) is 143 Å². The van der Waals surface area contributed by atoms with Gasteiger partial charge < -0.3 is 19.5 Å². The molecule has 0 atom stereocenters. The molecule has 2 heterocycles. The van der Waals surface area contributed by atoms with Crippen molar-refractivity contribution < 1.29 is 33.4 Å². The SMILES string of the molecule is COC(=O)Cc1c(C(=O)OC)sc(NC(=O)Cn2ncc(Cl)c(Cl)c2=O)c1C(=O)OC. The molecule has 0 bridgehead atoms. The molecule has 0 spiro atoms. The summed E-state index contributed by atoms with van der Waals surface area (Å²) in [6.07, 6.45) is 0.638. The number of methoxy groups -OCH3 is 3. The molecule has 0 aliphatic rings. The van der Waals surface area contributed by atoms with Crippen LogP contribution in [0, 0.1) is 0 Å². The van der Waals surface area contributed by atoms with Crippen LogP contribution in [0.15, 0.2) is 11.0 Å². The molecule has 0 saturated carbocycles. The molecule has 31 heavy (non-hydrogen) atoms. The van der Waals surface area contributed by atoms with E-state index in [2.05, 4.69) is 19.9 Å². The van der Waals surface area contributed by atoms with E-state index in [1.807, 2.05) is 0 Å². The molecular weight excluding hydrogens is 477 g/mol. The molecule has 0 aliphatic heterocycles. The maximum Gasteiger partial charge on any atom is 0.348 e. The maximum absolute atomic E-state index is 12.5. The van der Waals surface area contributed by atoms with Crippen molar-refractivity contribution in [3.8, 4) is 0 Å². The second-order valence-electron chi connectivity index (χ2n) is 5.67. The smallest absolute Gasteiger partial charge is 0.348 e. The number of amides is 1. The Hall–Kier alpha value is -2.96. The van der Waals surface area contributed by atoms with E-state index in [1.54, 1.807) is 0 Å². The summed E-state index contributed by atoms with van der Waals surface area (Å²) in [5.74, 6) is -3.26. The van der Waals surface area contributed by atoms with E-state index in [0.29, 0.717) is 11.3 Å². The van der Waals surface area contributed by atoms with Gasteiger partial charge in [-0.3, -0.25) is 14.4 Å². The average Bonchev–Trinajstić information content (AvgIpc) is 3.10. The number of hydrogen-bond donors (Lipinski definition) is 1. The van der Waals surface area contributed by atoms with Crippen molar-refractivity contribution in [1.29, 1.82) is 0 Å². The Morgan fingerprint density at radius 3 is 2.32 bits per heavy atom. The largest absolute Gasteiger partial charge is 0.469 e. The summed E-state index contributed by atoms with van der Waals surface area (Å²) in [5, 5.41) is 5.63. The lowest BCUT2D eigenvalue weighted by molar-refractivity contribution is -0.139. The Morgan fingerprint density at radius 1 is 1.10 bits per heavy atom. The van der Waals surface area contributed by atoms with Crippen LogP contribution in [0.4, 0.5) is 5.00 Å². The van der Waals surface area contributed by atoms with Gasteiger partial charge in [0.05, 0.1) is 44.5 Å². The number of anilines is 1.